The number of anilines is 1. The molecule has 0 saturated carbocycles. The standard InChI is InChI=1S/C17H22N4O4/c1-11-9-13(15(19-11)17(23)24-4)20-16(22)12-5-6-18-14(10-12)25-8-7-21(2)3/h5-6,9-10,19H,7-8H2,1-4H3,(H,20,22). The molecule has 134 valence electrons. The number of H-pyrrole nitrogens is 1. The second-order valence-electron chi connectivity index (χ2n) is 5.72. The Balaban J connectivity index is 2.10. The molecule has 0 unspecified atom stereocenters. The van der Waals surface area contributed by atoms with Crippen molar-refractivity contribution in [3.63, 3.8) is 0 Å². The lowest BCUT2D eigenvalue weighted by Gasteiger charge is -2.11. The molecule has 0 aliphatic carbocycles. The Morgan fingerprint density at radius 2 is 2.08 bits per heavy atom. The van der Waals surface area contributed by atoms with Gasteiger partial charge in [-0.3, -0.25) is 4.79 Å². The highest BCUT2D eigenvalue weighted by molar-refractivity contribution is 6.07. The van der Waals surface area contributed by atoms with Crippen molar-refractivity contribution in [2.45, 2.75) is 6.92 Å². The molecule has 0 atom stereocenters. The van der Waals surface area contributed by atoms with Crippen molar-refractivity contribution in [1.29, 1.82) is 0 Å². The molecule has 2 heterocycles. The summed E-state index contributed by atoms with van der Waals surface area (Å²) in [5.74, 6) is -0.553. The summed E-state index contributed by atoms with van der Waals surface area (Å²) in [5, 5.41) is 2.70. The zero-order valence-corrected chi connectivity index (χ0v) is 14.8. The Hall–Kier alpha value is -2.87. The van der Waals surface area contributed by atoms with Gasteiger partial charge in [-0.1, -0.05) is 0 Å². The number of likely N-dealkylation sites (N-methyl/N-ethyl adjacent to an activating group) is 1. The highest BCUT2D eigenvalue weighted by Gasteiger charge is 2.18. The van der Waals surface area contributed by atoms with E-state index in [-0.39, 0.29) is 11.6 Å². The number of ether oxygens (including phenoxy) is 2. The van der Waals surface area contributed by atoms with Crippen LogP contribution in [0, 0.1) is 6.92 Å². The number of pyridine rings is 1. The molecule has 0 aliphatic heterocycles. The highest BCUT2D eigenvalue weighted by Crippen LogP contribution is 2.19. The zero-order valence-electron chi connectivity index (χ0n) is 14.8. The second-order valence-corrected chi connectivity index (χ2v) is 5.72. The minimum absolute atomic E-state index is 0.199. The van der Waals surface area contributed by atoms with Gasteiger partial charge in [0.25, 0.3) is 5.91 Å². The lowest BCUT2D eigenvalue weighted by atomic mass is 10.2. The number of hydrogen-bond donors (Lipinski definition) is 2. The third-order valence-corrected chi connectivity index (χ3v) is 3.38. The normalized spacial score (nSPS) is 10.6. The molecule has 0 fully saturated rings. The third-order valence-electron chi connectivity index (χ3n) is 3.38. The van der Waals surface area contributed by atoms with Gasteiger partial charge in [-0.15, -0.1) is 0 Å². The van der Waals surface area contributed by atoms with Gasteiger partial charge in [0.05, 0.1) is 12.8 Å². The van der Waals surface area contributed by atoms with Crippen LogP contribution in [0.3, 0.4) is 0 Å². The Labute approximate surface area is 146 Å². The number of nitrogens with one attached hydrogen (secondary N) is 2. The van der Waals surface area contributed by atoms with E-state index in [1.54, 1.807) is 25.1 Å². The van der Waals surface area contributed by atoms with E-state index in [1.165, 1.54) is 13.3 Å². The number of rotatable bonds is 7. The van der Waals surface area contributed by atoms with E-state index in [4.69, 9.17) is 9.47 Å². The number of amides is 1. The van der Waals surface area contributed by atoms with Gasteiger partial charge in [0.2, 0.25) is 5.88 Å². The molecule has 2 N–H and O–H groups in total. The molecule has 0 aromatic carbocycles. The van der Waals surface area contributed by atoms with Crippen molar-refractivity contribution in [3.8, 4) is 5.88 Å². The van der Waals surface area contributed by atoms with Crippen molar-refractivity contribution in [2.24, 2.45) is 0 Å². The number of methoxy groups -OCH3 is 1. The van der Waals surface area contributed by atoms with Crippen molar-refractivity contribution < 1.29 is 19.1 Å². The summed E-state index contributed by atoms with van der Waals surface area (Å²) in [6.45, 7) is 2.99. The molecule has 8 heteroatoms. The van der Waals surface area contributed by atoms with Crippen LogP contribution in [0.1, 0.15) is 26.5 Å². The van der Waals surface area contributed by atoms with Gasteiger partial charge < -0.3 is 24.7 Å². The summed E-state index contributed by atoms with van der Waals surface area (Å²) >= 11 is 0. The van der Waals surface area contributed by atoms with Gasteiger partial charge in [0.1, 0.15) is 12.3 Å². The Kier molecular flexibility index (Phi) is 6.13. The number of aromatic amines is 1. The number of hydrogen-bond acceptors (Lipinski definition) is 6. The van der Waals surface area contributed by atoms with Crippen LogP contribution in [-0.4, -0.2) is 61.1 Å². The largest absolute Gasteiger partial charge is 0.476 e. The minimum atomic E-state index is -0.550. The lowest BCUT2D eigenvalue weighted by molar-refractivity contribution is 0.0596. The molecular weight excluding hydrogens is 324 g/mol. The minimum Gasteiger partial charge on any atom is -0.476 e. The van der Waals surface area contributed by atoms with Crippen molar-refractivity contribution in [3.05, 3.63) is 41.3 Å². The molecule has 8 nitrogen and oxygen atoms in total. The van der Waals surface area contributed by atoms with Crippen LogP contribution in [0.4, 0.5) is 5.69 Å². The second kappa shape index (κ2) is 8.29. The van der Waals surface area contributed by atoms with E-state index in [0.717, 1.165) is 12.2 Å². The first-order chi connectivity index (χ1) is 11.9. The maximum absolute atomic E-state index is 12.5. The first-order valence-corrected chi connectivity index (χ1v) is 7.73. The van der Waals surface area contributed by atoms with E-state index in [9.17, 15) is 9.59 Å². The fourth-order valence-corrected chi connectivity index (χ4v) is 2.11. The van der Waals surface area contributed by atoms with Gasteiger partial charge >= 0.3 is 5.97 Å². The van der Waals surface area contributed by atoms with Gasteiger partial charge in [0.15, 0.2) is 0 Å². The smallest absolute Gasteiger partial charge is 0.356 e. The number of aromatic nitrogens is 2. The Bertz CT molecular complexity index is 755. The molecule has 0 spiro atoms. The van der Waals surface area contributed by atoms with Crippen LogP contribution in [-0.2, 0) is 4.74 Å². The van der Waals surface area contributed by atoms with Crippen LogP contribution < -0.4 is 10.1 Å². The highest BCUT2D eigenvalue weighted by atomic mass is 16.5. The van der Waals surface area contributed by atoms with Crippen LogP contribution >= 0.6 is 0 Å². The van der Waals surface area contributed by atoms with E-state index in [2.05, 4.69) is 15.3 Å². The first kappa shape index (κ1) is 18.5. The van der Waals surface area contributed by atoms with E-state index in [1.807, 2.05) is 19.0 Å². The average Bonchev–Trinajstić information content (AvgIpc) is 2.94. The first-order valence-electron chi connectivity index (χ1n) is 7.73. The lowest BCUT2D eigenvalue weighted by Crippen LogP contribution is -2.20. The van der Waals surface area contributed by atoms with Crippen LogP contribution in [0.2, 0.25) is 0 Å². The molecule has 0 bridgehead atoms. The van der Waals surface area contributed by atoms with E-state index >= 15 is 0 Å². The predicted octanol–water partition coefficient (Wildman–Crippen LogP) is 1.70. The quantitative estimate of drug-likeness (QED) is 0.741. The predicted molar refractivity (Wildman–Crippen MR) is 93.1 cm³/mol. The third kappa shape index (κ3) is 5.05. The molecular formula is C17H22N4O4. The molecule has 25 heavy (non-hydrogen) atoms. The topological polar surface area (TPSA) is 96.5 Å². The van der Waals surface area contributed by atoms with Gasteiger partial charge in [0, 0.05) is 30.1 Å². The van der Waals surface area contributed by atoms with Crippen molar-refractivity contribution in [1.82, 2.24) is 14.9 Å². The number of carbonyl (C=O) groups excluding carboxylic acids is 2. The van der Waals surface area contributed by atoms with Gasteiger partial charge in [-0.2, -0.15) is 0 Å². The Morgan fingerprint density at radius 3 is 2.76 bits per heavy atom. The number of nitrogens with zero attached hydrogens (tertiary/aromatic N) is 2. The van der Waals surface area contributed by atoms with Crippen LogP contribution in [0.5, 0.6) is 5.88 Å². The summed E-state index contributed by atoms with van der Waals surface area (Å²) in [5.41, 5.74) is 1.67. The summed E-state index contributed by atoms with van der Waals surface area (Å²) < 4.78 is 10.2. The zero-order chi connectivity index (χ0) is 18.4. The van der Waals surface area contributed by atoms with Crippen LogP contribution in [0.15, 0.2) is 24.4 Å². The molecule has 2 rings (SSSR count). The fraction of sp³-hybridized carbons (Fsp3) is 0.353. The number of aryl methyl sites for hydroxylation is 1. The summed E-state index contributed by atoms with van der Waals surface area (Å²) in [6, 6.07) is 4.80. The molecule has 2 aromatic rings. The Morgan fingerprint density at radius 1 is 1.32 bits per heavy atom. The van der Waals surface area contributed by atoms with E-state index < -0.39 is 5.97 Å². The molecule has 0 radical (unpaired) electrons. The summed E-state index contributed by atoms with van der Waals surface area (Å²) in [4.78, 5) is 33.2. The molecule has 0 aliphatic rings. The van der Waals surface area contributed by atoms with Crippen molar-refractivity contribution >= 4 is 17.6 Å². The number of esters is 1. The average molecular weight is 346 g/mol. The fourth-order valence-electron chi connectivity index (χ4n) is 2.11. The van der Waals surface area contributed by atoms with E-state index in [0.29, 0.717) is 23.7 Å². The summed E-state index contributed by atoms with van der Waals surface area (Å²) in [7, 11) is 5.17. The van der Waals surface area contributed by atoms with Crippen molar-refractivity contribution in [2.75, 3.05) is 39.7 Å². The SMILES string of the molecule is COC(=O)c1[nH]c(C)cc1NC(=O)c1ccnc(OCCN(C)C)c1. The maximum atomic E-state index is 12.5. The van der Waals surface area contributed by atoms with Gasteiger partial charge in [-0.05, 0) is 33.2 Å². The molecule has 1 amide bonds. The summed E-state index contributed by atoms with van der Waals surface area (Å²) in [6.07, 6.45) is 1.50. The molecule has 2 aromatic heterocycles. The monoisotopic (exact) mass is 346 g/mol. The van der Waals surface area contributed by atoms with Gasteiger partial charge in [-0.25, -0.2) is 9.78 Å². The number of carbonyl (C=O) groups is 2. The van der Waals surface area contributed by atoms with Crippen LogP contribution in [0.25, 0.3) is 0 Å². The maximum Gasteiger partial charge on any atom is 0.356 e. The molecule has 0 saturated heterocycles.